The number of benzene rings is 3. The first-order chi connectivity index (χ1) is 14.1. The highest BCUT2D eigenvalue weighted by Gasteiger charge is 2.36. The number of ether oxygens (including phenoxy) is 1. The highest BCUT2D eigenvalue weighted by molar-refractivity contribution is 6.06. The number of amides is 2. The Bertz CT molecular complexity index is 1060. The molecule has 146 valence electrons. The third-order valence-electron chi connectivity index (χ3n) is 4.92. The minimum Gasteiger partial charge on any atom is -0.455 e. The monoisotopic (exact) mass is 388 g/mol. The van der Waals surface area contributed by atoms with Crippen LogP contribution in [-0.4, -0.2) is 30.9 Å². The molecule has 1 fully saturated rings. The molecule has 2 amide bonds. The molecule has 1 aliphatic heterocycles. The molecule has 1 aliphatic rings. The van der Waals surface area contributed by atoms with Gasteiger partial charge < -0.3 is 15.0 Å². The molecule has 3 aromatic carbocycles. The van der Waals surface area contributed by atoms with E-state index in [0.717, 1.165) is 16.5 Å². The van der Waals surface area contributed by atoms with Crippen molar-refractivity contribution in [3.8, 4) is 0 Å². The highest BCUT2D eigenvalue weighted by Crippen LogP contribution is 2.32. The van der Waals surface area contributed by atoms with Crippen molar-refractivity contribution in [1.29, 1.82) is 0 Å². The molecule has 0 radical (unpaired) electrons. The van der Waals surface area contributed by atoms with E-state index in [4.69, 9.17) is 4.74 Å². The number of nitrogens with one attached hydrogen (secondary N) is 1. The van der Waals surface area contributed by atoms with Crippen LogP contribution in [0.15, 0.2) is 72.8 Å². The molecule has 29 heavy (non-hydrogen) atoms. The van der Waals surface area contributed by atoms with Crippen molar-refractivity contribution in [3.05, 3.63) is 72.8 Å². The molecule has 6 heteroatoms. The number of esters is 1. The lowest BCUT2D eigenvalue weighted by atomic mass is 10.1. The first kappa shape index (κ1) is 18.7. The third-order valence-corrected chi connectivity index (χ3v) is 4.92. The fraction of sp³-hybridized carbons (Fsp3) is 0.174. The fourth-order valence-electron chi connectivity index (χ4n) is 3.52. The zero-order chi connectivity index (χ0) is 20.2. The van der Waals surface area contributed by atoms with Gasteiger partial charge in [-0.05, 0) is 23.6 Å². The Morgan fingerprint density at radius 3 is 2.52 bits per heavy atom. The Labute approximate surface area is 168 Å². The summed E-state index contributed by atoms with van der Waals surface area (Å²) in [4.78, 5) is 38.5. The molecular formula is C23H20N2O4. The zero-order valence-electron chi connectivity index (χ0n) is 15.7. The highest BCUT2D eigenvalue weighted by atomic mass is 16.5. The molecule has 1 saturated heterocycles. The third kappa shape index (κ3) is 4.11. The number of carbonyl (C=O) groups excluding carboxylic acids is 3. The van der Waals surface area contributed by atoms with Gasteiger partial charge in [-0.2, -0.15) is 0 Å². The number of carbonyl (C=O) groups is 3. The smallest absolute Gasteiger partial charge is 0.311 e. The van der Waals surface area contributed by atoms with Crippen molar-refractivity contribution in [3.63, 3.8) is 0 Å². The van der Waals surface area contributed by atoms with E-state index in [1.165, 1.54) is 0 Å². The van der Waals surface area contributed by atoms with Crippen molar-refractivity contribution in [1.82, 2.24) is 0 Å². The lowest BCUT2D eigenvalue weighted by Crippen LogP contribution is -2.28. The quantitative estimate of drug-likeness (QED) is 0.680. The van der Waals surface area contributed by atoms with Gasteiger partial charge in [0, 0.05) is 24.0 Å². The van der Waals surface area contributed by atoms with Gasteiger partial charge in [0.05, 0.1) is 11.6 Å². The topological polar surface area (TPSA) is 75.7 Å². The summed E-state index contributed by atoms with van der Waals surface area (Å²) in [6.45, 7) is -0.140. The molecule has 3 aromatic rings. The summed E-state index contributed by atoms with van der Waals surface area (Å²) in [5.41, 5.74) is 1.41. The van der Waals surface area contributed by atoms with Gasteiger partial charge in [0.25, 0.3) is 5.91 Å². The average molecular weight is 388 g/mol. The maximum absolute atomic E-state index is 12.6. The van der Waals surface area contributed by atoms with Crippen LogP contribution in [0.2, 0.25) is 0 Å². The first-order valence-electron chi connectivity index (χ1n) is 9.41. The summed E-state index contributed by atoms with van der Waals surface area (Å²) in [5.74, 6) is -1.67. The van der Waals surface area contributed by atoms with Crippen molar-refractivity contribution >= 4 is 39.9 Å². The second-order valence-corrected chi connectivity index (χ2v) is 6.93. The normalized spacial score (nSPS) is 16.1. The maximum Gasteiger partial charge on any atom is 0.311 e. The minimum atomic E-state index is -0.592. The van der Waals surface area contributed by atoms with E-state index >= 15 is 0 Å². The Hall–Kier alpha value is -3.67. The second-order valence-electron chi connectivity index (χ2n) is 6.93. The summed E-state index contributed by atoms with van der Waals surface area (Å²) in [7, 11) is 0. The van der Waals surface area contributed by atoms with Crippen LogP contribution >= 0.6 is 0 Å². The first-order valence-corrected chi connectivity index (χ1v) is 9.41. The molecule has 0 aromatic heterocycles. The number of nitrogens with zero attached hydrogens (tertiary/aromatic N) is 1. The van der Waals surface area contributed by atoms with Gasteiger partial charge >= 0.3 is 5.97 Å². The predicted molar refractivity (Wildman–Crippen MR) is 110 cm³/mol. The molecule has 0 unspecified atom stereocenters. The Morgan fingerprint density at radius 1 is 0.966 bits per heavy atom. The van der Waals surface area contributed by atoms with E-state index in [2.05, 4.69) is 5.32 Å². The van der Waals surface area contributed by atoms with Crippen LogP contribution in [0.1, 0.15) is 6.42 Å². The van der Waals surface area contributed by atoms with Gasteiger partial charge in [-0.15, -0.1) is 0 Å². The molecule has 0 spiro atoms. The van der Waals surface area contributed by atoms with E-state index in [0.29, 0.717) is 5.69 Å². The summed E-state index contributed by atoms with van der Waals surface area (Å²) >= 11 is 0. The summed E-state index contributed by atoms with van der Waals surface area (Å²) < 4.78 is 5.15. The van der Waals surface area contributed by atoms with Gasteiger partial charge in [0.1, 0.15) is 0 Å². The van der Waals surface area contributed by atoms with Crippen LogP contribution < -0.4 is 10.2 Å². The van der Waals surface area contributed by atoms with Gasteiger partial charge in [-0.3, -0.25) is 14.4 Å². The summed E-state index contributed by atoms with van der Waals surface area (Å²) in [5, 5.41) is 4.64. The molecule has 0 bridgehead atoms. The van der Waals surface area contributed by atoms with Gasteiger partial charge in [-0.25, -0.2) is 0 Å². The van der Waals surface area contributed by atoms with E-state index in [-0.39, 0.29) is 25.5 Å². The van der Waals surface area contributed by atoms with Crippen LogP contribution in [-0.2, 0) is 19.1 Å². The number of hydrogen-bond donors (Lipinski definition) is 1. The van der Waals surface area contributed by atoms with Crippen LogP contribution in [0.4, 0.5) is 11.4 Å². The molecule has 0 aliphatic carbocycles. The summed E-state index contributed by atoms with van der Waals surface area (Å²) in [6, 6.07) is 22.5. The molecular weight excluding hydrogens is 368 g/mol. The molecule has 1 atom stereocenters. The second kappa shape index (κ2) is 8.14. The SMILES string of the molecule is O=C(COC(=O)[C@@H]1CC(=O)N(c2cccc3ccccc23)C1)Nc1ccccc1. The van der Waals surface area contributed by atoms with Crippen molar-refractivity contribution in [2.75, 3.05) is 23.4 Å². The van der Waals surface area contributed by atoms with E-state index in [1.54, 1.807) is 29.2 Å². The van der Waals surface area contributed by atoms with E-state index < -0.39 is 17.8 Å². The maximum atomic E-state index is 12.6. The molecule has 1 N–H and O–H groups in total. The zero-order valence-corrected chi connectivity index (χ0v) is 15.7. The number of anilines is 2. The average Bonchev–Trinajstić information content (AvgIpc) is 3.14. The molecule has 1 heterocycles. The molecule has 4 rings (SSSR count). The Morgan fingerprint density at radius 2 is 1.69 bits per heavy atom. The van der Waals surface area contributed by atoms with Crippen LogP contribution in [0.3, 0.4) is 0 Å². The minimum absolute atomic E-state index is 0.0718. The number of hydrogen-bond acceptors (Lipinski definition) is 4. The number of fused-ring (bicyclic) bond motifs is 1. The standard InChI is InChI=1S/C23H20N2O4/c26-21(24-18-9-2-1-3-10-18)15-29-23(28)17-13-22(27)25(14-17)20-12-6-8-16-7-4-5-11-19(16)20/h1-12,17H,13-15H2,(H,24,26)/t17-/m1/s1. The van der Waals surface area contributed by atoms with E-state index in [1.807, 2.05) is 48.5 Å². The number of rotatable bonds is 5. The lowest BCUT2D eigenvalue weighted by Gasteiger charge is -2.18. The van der Waals surface area contributed by atoms with Crippen LogP contribution in [0, 0.1) is 5.92 Å². The van der Waals surface area contributed by atoms with Gasteiger partial charge in [-0.1, -0.05) is 54.6 Å². The largest absolute Gasteiger partial charge is 0.455 e. The molecule has 6 nitrogen and oxygen atoms in total. The number of para-hydroxylation sites is 1. The van der Waals surface area contributed by atoms with Crippen molar-refractivity contribution in [2.45, 2.75) is 6.42 Å². The van der Waals surface area contributed by atoms with E-state index in [9.17, 15) is 14.4 Å². The molecule has 0 saturated carbocycles. The van der Waals surface area contributed by atoms with Gasteiger partial charge in [0.15, 0.2) is 6.61 Å². The van der Waals surface area contributed by atoms with Gasteiger partial charge in [0.2, 0.25) is 5.91 Å². The fourth-order valence-corrected chi connectivity index (χ4v) is 3.52. The van der Waals surface area contributed by atoms with Crippen LogP contribution in [0.5, 0.6) is 0 Å². The van der Waals surface area contributed by atoms with Crippen molar-refractivity contribution < 1.29 is 19.1 Å². The van der Waals surface area contributed by atoms with Crippen LogP contribution in [0.25, 0.3) is 10.8 Å². The lowest BCUT2D eigenvalue weighted by molar-refractivity contribution is -0.151. The Balaban J connectivity index is 1.38. The van der Waals surface area contributed by atoms with Crippen molar-refractivity contribution in [2.24, 2.45) is 5.92 Å². The Kier molecular flexibility index (Phi) is 5.24. The summed E-state index contributed by atoms with van der Waals surface area (Å²) in [6.07, 6.45) is 0.0718. The predicted octanol–water partition coefficient (Wildman–Crippen LogP) is 3.37.